The summed E-state index contributed by atoms with van der Waals surface area (Å²) in [7, 11) is 0. The number of nitrogens with two attached hydrogens (primary N) is 2. The molecule has 5 N–H and O–H groups in total. The molecule has 10 nitrogen and oxygen atoms in total. The van der Waals surface area contributed by atoms with E-state index in [9.17, 15) is 9.59 Å². The van der Waals surface area contributed by atoms with Gasteiger partial charge in [0.1, 0.15) is 5.52 Å². The molecule has 0 aliphatic heterocycles. The third-order valence-electron chi connectivity index (χ3n) is 4.98. The molecule has 0 aromatic carbocycles. The summed E-state index contributed by atoms with van der Waals surface area (Å²) in [5.74, 6) is -0.788. The normalized spacial score (nSPS) is 19.6. The molecule has 3 heterocycles. The highest BCUT2D eigenvalue weighted by Crippen LogP contribution is 2.35. The van der Waals surface area contributed by atoms with Crippen LogP contribution in [0.3, 0.4) is 0 Å². The highest BCUT2D eigenvalue weighted by Gasteiger charge is 2.29. The molecule has 11 heteroatoms. The second-order valence-electron chi connectivity index (χ2n) is 6.91. The molecule has 4 rings (SSSR count). The van der Waals surface area contributed by atoms with Gasteiger partial charge >= 0.3 is 0 Å². The first-order chi connectivity index (χ1) is 13.4. The lowest BCUT2D eigenvalue weighted by molar-refractivity contribution is -0.121. The molecular formula is C17H20N8O2S. The van der Waals surface area contributed by atoms with Crippen LogP contribution >= 0.6 is 11.3 Å². The molecule has 1 saturated carbocycles. The maximum Gasteiger partial charge on any atom is 0.286 e. The number of nitrogen functional groups attached to an aromatic ring is 1. The number of rotatable bonds is 4. The molecule has 146 valence electrons. The van der Waals surface area contributed by atoms with Crippen molar-refractivity contribution in [1.29, 1.82) is 0 Å². The van der Waals surface area contributed by atoms with Crippen molar-refractivity contribution in [2.24, 2.45) is 11.7 Å². The fraction of sp³-hybridized carbons (Fsp3) is 0.412. The van der Waals surface area contributed by atoms with E-state index in [-0.39, 0.29) is 29.5 Å². The van der Waals surface area contributed by atoms with Gasteiger partial charge < -0.3 is 21.4 Å². The van der Waals surface area contributed by atoms with E-state index >= 15 is 0 Å². The summed E-state index contributed by atoms with van der Waals surface area (Å²) in [5, 5.41) is 5.44. The minimum Gasteiger partial charge on any atom is -0.382 e. The topological polar surface area (TPSA) is 155 Å². The molecule has 0 radical (unpaired) electrons. The van der Waals surface area contributed by atoms with E-state index in [0.29, 0.717) is 16.3 Å². The van der Waals surface area contributed by atoms with Gasteiger partial charge in [0.05, 0.1) is 12.0 Å². The minimum absolute atomic E-state index is 0.00544. The average molecular weight is 400 g/mol. The summed E-state index contributed by atoms with van der Waals surface area (Å²) in [5.41, 5.74) is 13.0. The Balaban J connectivity index is 1.48. The Hall–Kier alpha value is -3.08. The number of aromatic nitrogens is 5. The number of primary amides is 1. The highest BCUT2D eigenvalue weighted by atomic mass is 32.1. The van der Waals surface area contributed by atoms with E-state index in [1.807, 2.05) is 16.9 Å². The lowest BCUT2D eigenvalue weighted by Crippen LogP contribution is -2.28. The van der Waals surface area contributed by atoms with E-state index < -0.39 is 5.91 Å². The van der Waals surface area contributed by atoms with Crippen molar-refractivity contribution >= 4 is 45.3 Å². The zero-order valence-corrected chi connectivity index (χ0v) is 16.1. The lowest BCUT2D eigenvalue weighted by Gasteiger charge is -2.28. The van der Waals surface area contributed by atoms with Crippen LogP contribution in [0.15, 0.2) is 11.7 Å². The molecule has 1 fully saturated rings. The van der Waals surface area contributed by atoms with Crippen LogP contribution in [0.4, 0.5) is 10.9 Å². The number of fused-ring (bicyclic) bond motifs is 1. The molecular weight excluding hydrogens is 380 g/mol. The fourth-order valence-corrected chi connectivity index (χ4v) is 4.24. The van der Waals surface area contributed by atoms with E-state index in [1.165, 1.54) is 11.3 Å². The number of thiazole rings is 1. The summed E-state index contributed by atoms with van der Waals surface area (Å²) in [6.07, 6.45) is 4.71. The second-order valence-corrected chi connectivity index (χ2v) is 7.77. The Morgan fingerprint density at radius 1 is 1.21 bits per heavy atom. The van der Waals surface area contributed by atoms with Crippen LogP contribution in [0.5, 0.6) is 0 Å². The zero-order chi connectivity index (χ0) is 19.8. The van der Waals surface area contributed by atoms with Crippen LogP contribution in [-0.2, 0) is 4.79 Å². The van der Waals surface area contributed by atoms with Gasteiger partial charge in [0.15, 0.2) is 16.6 Å². The Kier molecular flexibility index (Phi) is 4.67. The van der Waals surface area contributed by atoms with Gasteiger partial charge in [-0.25, -0.2) is 19.9 Å². The van der Waals surface area contributed by atoms with Crippen molar-refractivity contribution in [1.82, 2.24) is 24.5 Å². The number of aryl methyl sites for hydroxylation is 1. The number of anilines is 2. The number of carbonyl (C=O) groups is 2. The first-order valence-corrected chi connectivity index (χ1v) is 9.83. The quantitative estimate of drug-likeness (QED) is 0.601. The third kappa shape index (κ3) is 3.40. The first kappa shape index (κ1) is 18.3. The zero-order valence-electron chi connectivity index (χ0n) is 15.3. The molecule has 2 amide bonds. The van der Waals surface area contributed by atoms with Gasteiger partial charge in [0, 0.05) is 17.3 Å². The standard InChI is InChI=1S/C17H20N8O2S/c1-8-6-28-17(21-8)24-16(27)9-2-4-10(5-3-9)25-7-20-11-12(18)22-14(13(19)26)23-15(11)25/h6-7,9-10H,2-5H2,1H3,(H2,19,26)(H2,18,22,23)(H,21,24,27)/t9-,10+. The Morgan fingerprint density at radius 3 is 2.61 bits per heavy atom. The monoisotopic (exact) mass is 400 g/mol. The molecule has 0 saturated heterocycles. The average Bonchev–Trinajstić information content (AvgIpc) is 3.28. The molecule has 3 aromatic rings. The SMILES string of the molecule is Cc1csc(NC(=O)[C@H]2CC[C@@H](n3cnc4c(N)nc(C(N)=O)nc43)CC2)n1. The summed E-state index contributed by atoms with van der Waals surface area (Å²) in [6, 6.07) is 0.117. The van der Waals surface area contributed by atoms with E-state index in [0.717, 1.165) is 31.4 Å². The number of imidazole rings is 1. The number of nitrogens with one attached hydrogen (secondary N) is 1. The maximum absolute atomic E-state index is 12.5. The van der Waals surface area contributed by atoms with Gasteiger partial charge in [-0.1, -0.05) is 0 Å². The molecule has 0 unspecified atom stereocenters. The molecule has 0 bridgehead atoms. The summed E-state index contributed by atoms with van der Waals surface area (Å²) >= 11 is 1.43. The van der Waals surface area contributed by atoms with Crippen molar-refractivity contribution < 1.29 is 9.59 Å². The van der Waals surface area contributed by atoms with Crippen LogP contribution in [0, 0.1) is 12.8 Å². The van der Waals surface area contributed by atoms with Crippen LogP contribution in [0.1, 0.15) is 48.0 Å². The summed E-state index contributed by atoms with van der Waals surface area (Å²) in [4.78, 5) is 40.6. The van der Waals surface area contributed by atoms with Crippen LogP contribution in [0.25, 0.3) is 11.2 Å². The molecule has 1 aliphatic carbocycles. The van der Waals surface area contributed by atoms with Crippen molar-refractivity contribution in [2.45, 2.75) is 38.6 Å². The van der Waals surface area contributed by atoms with Gasteiger partial charge in [-0.05, 0) is 32.6 Å². The molecule has 28 heavy (non-hydrogen) atoms. The first-order valence-electron chi connectivity index (χ1n) is 8.95. The van der Waals surface area contributed by atoms with Crippen molar-refractivity contribution in [3.63, 3.8) is 0 Å². The largest absolute Gasteiger partial charge is 0.382 e. The lowest BCUT2D eigenvalue weighted by atomic mass is 9.85. The smallest absolute Gasteiger partial charge is 0.286 e. The summed E-state index contributed by atoms with van der Waals surface area (Å²) < 4.78 is 1.90. The Morgan fingerprint density at radius 2 is 1.96 bits per heavy atom. The highest BCUT2D eigenvalue weighted by molar-refractivity contribution is 7.13. The number of amides is 2. The molecule has 0 spiro atoms. The van der Waals surface area contributed by atoms with E-state index in [2.05, 4.69) is 25.3 Å². The van der Waals surface area contributed by atoms with Crippen LogP contribution < -0.4 is 16.8 Å². The predicted molar refractivity (Wildman–Crippen MR) is 105 cm³/mol. The van der Waals surface area contributed by atoms with E-state index in [4.69, 9.17) is 11.5 Å². The number of carbonyl (C=O) groups excluding carboxylic acids is 2. The van der Waals surface area contributed by atoms with Crippen molar-refractivity contribution in [3.05, 3.63) is 23.2 Å². The van der Waals surface area contributed by atoms with Crippen LogP contribution in [-0.4, -0.2) is 36.3 Å². The fourth-order valence-electron chi connectivity index (χ4n) is 3.55. The summed E-state index contributed by atoms with van der Waals surface area (Å²) in [6.45, 7) is 1.90. The predicted octanol–water partition coefficient (Wildman–Crippen LogP) is 1.64. The Labute approximate surface area is 164 Å². The van der Waals surface area contributed by atoms with Gasteiger partial charge in [-0.15, -0.1) is 11.3 Å². The number of hydrogen-bond donors (Lipinski definition) is 3. The van der Waals surface area contributed by atoms with Crippen LogP contribution in [0.2, 0.25) is 0 Å². The second kappa shape index (κ2) is 7.15. The minimum atomic E-state index is -0.737. The number of nitrogens with zero attached hydrogens (tertiary/aromatic N) is 5. The van der Waals surface area contributed by atoms with Crippen molar-refractivity contribution in [2.75, 3.05) is 11.1 Å². The van der Waals surface area contributed by atoms with Gasteiger partial charge in [-0.2, -0.15) is 0 Å². The third-order valence-corrected chi connectivity index (χ3v) is 5.85. The molecule has 0 atom stereocenters. The van der Waals surface area contributed by atoms with E-state index in [1.54, 1.807) is 6.33 Å². The van der Waals surface area contributed by atoms with Crippen molar-refractivity contribution in [3.8, 4) is 0 Å². The van der Waals surface area contributed by atoms with Gasteiger partial charge in [0.25, 0.3) is 5.91 Å². The Bertz CT molecular complexity index is 1050. The van der Waals surface area contributed by atoms with Gasteiger partial charge in [0.2, 0.25) is 11.7 Å². The molecule has 3 aromatic heterocycles. The molecule has 1 aliphatic rings. The maximum atomic E-state index is 12.5. The number of hydrogen-bond acceptors (Lipinski definition) is 8. The van der Waals surface area contributed by atoms with Gasteiger partial charge in [-0.3, -0.25) is 9.59 Å².